The van der Waals surface area contributed by atoms with Crippen molar-refractivity contribution in [3.8, 4) is 5.75 Å². The lowest BCUT2D eigenvalue weighted by atomic mass is 10.2. The van der Waals surface area contributed by atoms with Crippen LogP contribution < -0.4 is 10.1 Å². The van der Waals surface area contributed by atoms with E-state index in [4.69, 9.17) is 4.74 Å². The average Bonchev–Trinajstić information content (AvgIpc) is 2.47. The van der Waals surface area contributed by atoms with Crippen molar-refractivity contribution in [2.24, 2.45) is 0 Å². The van der Waals surface area contributed by atoms with E-state index in [0.717, 1.165) is 17.4 Å². The SMILES string of the molecule is CCOc1ccccc1CNc1ccc([N+](=O)[O-])cc1F. The minimum absolute atomic E-state index is 0.215. The van der Waals surface area contributed by atoms with E-state index in [1.807, 2.05) is 31.2 Å². The lowest BCUT2D eigenvalue weighted by molar-refractivity contribution is -0.385. The van der Waals surface area contributed by atoms with Crippen molar-refractivity contribution in [1.82, 2.24) is 0 Å². The largest absolute Gasteiger partial charge is 0.494 e. The highest BCUT2D eigenvalue weighted by atomic mass is 19.1. The molecule has 0 amide bonds. The fraction of sp³-hybridized carbons (Fsp3) is 0.200. The van der Waals surface area contributed by atoms with Gasteiger partial charge in [0, 0.05) is 18.2 Å². The maximum Gasteiger partial charge on any atom is 0.272 e. The highest BCUT2D eigenvalue weighted by Gasteiger charge is 2.11. The van der Waals surface area contributed by atoms with Gasteiger partial charge in [-0.3, -0.25) is 10.1 Å². The van der Waals surface area contributed by atoms with E-state index >= 15 is 0 Å². The van der Waals surface area contributed by atoms with Crippen LogP contribution in [-0.2, 0) is 6.54 Å². The van der Waals surface area contributed by atoms with E-state index in [1.54, 1.807) is 0 Å². The van der Waals surface area contributed by atoms with Crippen molar-refractivity contribution in [2.45, 2.75) is 13.5 Å². The lowest BCUT2D eigenvalue weighted by Gasteiger charge is -2.12. The van der Waals surface area contributed by atoms with E-state index in [1.165, 1.54) is 12.1 Å². The number of hydrogen-bond acceptors (Lipinski definition) is 4. The molecule has 21 heavy (non-hydrogen) atoms. The summed E-state index contributed by atoms with van der Waals surface area (Å²) in [5.41, 5.74) is 0.830. The predicted molar refractivity (Wildman–Crippen MR) is 78.0 cm³/mol. The lowest BCUT2D eigenvalue weighted by Crippen LogP contribution is -2.04. The smallest absolute Gasteiger partial charge is 0.272 e. The van der Waals surface area contributed by atoms with Crippen LogP contribution in [0, 0.1) is 15.9 Å². The van der Waals surface area contributed by atoms with Gasteiger partial charge in [-0.05, 0) is 19.1 Å². The second kappa shape index (κ2) is 6.69. The minimum Gasteiger partial charge on any atom is -0.494 e. The van der Waals surface area contributed by atoms with Crippen LogP contribution in [0.15, 0.2) is 42.5 Å². The Kier molecular flexibility index (Phi) is 4.71. The van der Waals surface area contributed by atoms with Gasteiger partial charge in [-0.2, -0.15) is 0 Å². The second-order valence-corrected chi connectivity index (χ2v) is 4.32. The molecule has 0 bridgehead atoms. The summed E-state index contributed by atoms with van der Waals surface area (Å²) in [4.78, 5) is 9.93. The summed E-state index contributed by atoms with van der Waals surface area (Å²) >= 11 is 0. The molecule has 0 aliphatic carbocycles. The molecular formula is C15H15FN2O3. The third-order valence-electron chi connectivity index (χ3n) is 2.91. The first-order chi connectivity index (χ1) is 10.1. The van der Waals surface area contributed by atoms with Crippen molar-refractivity contribution >= 4 is 11.4 Å². The zero-order valence-electron chi connectivity index (χ0n) is 11.5. The molecule has 0 radical (unpaired) electrons. The van der Waals surface area contributed by atoms with Gasteiger partial charge in [0.25, 0.3) is 5.69 Å². The monoisotopic (exact) mass is 290 g/mol. The number of nitro benzene ring substituents is 1. The molecule has 0 aromatic heterocycles. The molecule has 2 rings (SSSR count). The third-order valence-corrected chi connectivity index (χ3v) is 2.91. The van der Waals surface area contributed by atoms with Crippen LogP contribution >= 0.6 is 0 Å². The Hall–Kier alpha value is -2.63. The zero-order valence-corrected chi connectivity index (χ0v) is 11.5. The first-order valence-corrected chi connectivity index (χ1v) is 6.50. The number of nitro groups is 1. The van der Waals surface area contributed by atoms with Crippen LogP contribution in [0.4, 0.5) is 15.8 Å². The number of hydrogen-bond donors (Lipinski definition) is 1. The molecule has 0 aliphatic rings. The summed E-state index contributed by atoms with van der Waals surface area (Å²) in [7, 11) is 0. The summed E-state index contributed by atoms with van der Waals surface area (Å²) in [5, 5.41) is 13.5. The van der Waals surface area contributed by atoms with Crippen LogP contribution in [0.1, 0.15) is 12.5 Å². The van der Waals surface area contributed by atoms with Gasteiger partial charge in [-0.25, -0.2) is 4.39 Å². The number of nitrogens with one attached hydrogen (secondary N) is 1. The fourth-order valence-electron chi connectivity index (χ4n) is 1.90. The Balaban J connectivity index is 2.11. The molecule has 1 N–H and O–H groups in total. The number of anilines is 1. The van der Waals surface area contributed by atoms with E-state index in [2.05, 4.69) is 5.32 Å². The van der Waals surface area contributed by atoms with Gasteiger partial charge in [0.1, 0.15) is 5.75 Å². The minimum atomic E-state index is -0.655. The first kappa shape index (κ1) is 14.8. The molecule has 0 spiro atoms. The molecule has 0 atom stereocenters. The van der Waals surface area contributed by atoms with Crippen molar-refractivity contribution in [3.05, 3.63) is 64.0 Å². The van der Waals surface area contributed by atoms with Crippen molar-refractivity contribution in [2.75, 3.05) is 11.9 Å². The van der Waals surface area contributed by atoms with E-state index in [-0.39, 0.29) is 11.4 Å². The first-order valence-electron chi connectivity index (χ1n) is 6.50. The average molecular weight is 290 g/mol. The molecule has 0 unspecified atom stereocenters. The Labute approximate surface area is 121 Å². The molecule has 0 aliphatic heterocycles. The number of ether oxygens (including phenoxy) is 1. The molecule has 0 fully saturated rings. The quantitative estimate of drug-likeness (QED) is 0.650. The highest BCUT2D eigenvalue weighted by molar-refractivity contribution is 5.51. The van der Waals surface area contributed by atoms with Crippen LogP contribution in [0.2, 0.25) is 0 Å². The molecule has 6 heteroatoms. The number of nitrogens with zero attached hydrogens (tertiary/aromatic N) is 1. The molecule has 0 heterocycles. The van der Waals surface area contributed by atoms with Gasteiger partial charge < -0.3 is 10.1 Å². The Morgan fingerprint density at radius 1 is 1.29 bits per heavy atom. The molecule has 0 saturated carbocycles. The van der Waals surface area contributed by atoms with Gasteiger partial charge in [-0.1, -0.05) is 18.2 Å². The van der Waals surface area contributed by atoms with Gasteiger partial charge in [0.15, 0.2) is 5.82 Å². The van der Waals surface area contributed by atoms with Gasteiger partial charge in [-0.15, -0.1) is 0 Å². The van der Waals surface area contributed by atoms with Crippen LogP contribution in [0.25, 0.3) is 0 Å². The van der Waals surface area contributed by atoms with E-state index < -0.39 is 10.7 Å². The zero-order chi connectivity index (χ0) is 15.2. The number of benzene rings is 2. The van der Waals surface area contributed by atoms with Crippen molar-refractivity contribution < 1.29 is 14.1 Å². The van der Waals surface area contributed by atoms with Gasteiger partial charge >= 0.3 is 0 Å². The summed E-state index contributed by atoms with van der Waals surface area (Å²) in [5.74, 6) is 0.0768. The van der Waals surface area contributed by atoms with Gasteiger partial charge in [0.05, 0.1) is 23.3 Å². The molecular weight excluding hydrogens is 275 g/mol. The number of rotatable bonds is 6. The standard InChI is InChI=1S/C15H15FN2O3/c1-2-21-15-6-4-3-5-11(15)10-17-14-8-7-12(18(19)20)9-13(14)16/h3-9,17H,2,10H2,1H3. The molecule has 2 aromatic rings. The van der Waals surface area contributed by atoms with E-state index in [9.17, 15) is 14.5 Å². The maximum atomic E-state index is 13.8. The van der Waals surface area contributed by atoms with E-state index in [0.29, 0.717) is 13.2 Å². The number of para-hydroxylation sites is 1. The maximum absolute atomic E-state index is 13.8. The topological polar surface area (TPSA) is 64.4 Å². The number of non-ortho nitro benzene ring substituents is 1. The number of halogens is 1. The predicted octanol–water partition coefficient (Wildman–Crippen LogP) is 3.74. The third kappa shape index (κ3) is 3.68. The summed E-state index contributed by atoms with van der Waals surface area (Å²) in [6.07, 6.45) is 0. The molecule has 110 valence electrons. The van der Waals surface area contributed by atoms with Gasteiger partial charge in [0.2, 0.25) is 0 Å². The summed E-state index contributed by atoms with van der Waals surface area (Å²) < 4.78 is 19.2. The molecule has 2 aromatic carbocycles. The fourth-order valence-corrected chi connectivity index (χ4v) is 1.90. The Bertz CT molecular complexity index is 647. The van der Waals surface area contributed by atoms with Crippen molar-refractivity contribution in [1.29, 1.82) is 0 Å². The molecule has 5 nitrogen and oxygen atoms in total. The summed E-state index contributed by atoms with van der Waals surface area (Å²) in [6.45, 7) is 2.80. The summed E-state index contributed by atoms with van der Waals surface area (Å²) in [6, 6.07) is 11.0. The Morgan fingerprint density at radius 3 is 2.71 bits per heavy atom. The van der Waals surface area contributed by atoms with Crippen LogP contribution in [0.3, 0.4) is 0 Å². The normalized spacial score (nSPS) is 10.2. The highest BCUT2D eigenvalue weighted by Crippen LogP contribution is 2.23. The molecule has 0 saturated heterocycles. The van der Waals surface area contributed by atoms with Crippen LogP contribution in [-0.4, -0.2) is 11.5 Å². The van der Waals surface area contributed by atoms with Crippen LogP contribution in [0.5, 0.6) is 5.75 Å². The Morgan fingerprint density at radius 2 is 2.05 bits per heavy atom. The van der Waals surface area contributed by atoms with Crippen molar-refractivity contribution in [3.63, 3.8) is 0 Å². The second-order valence-electron chi connectivity index (χ2n) is 4.32.